The van der Waals surface area contributed by atoms with Crippen molar-refractivity contribution in [2.24, 2.45) is 0 Å². The lowest BCUT2D eigenvalue weighted by Crippen LogP contribution is -2.32. The van der Waals surface area contributed by atoms with Crippen molar-refractivity contribution in [1.82, 2.24) is 4.90 Å². The second kappa shape index (κ2) is 7.56. The van der Waals surface area contributed by atoms with E-state index in [0.717, 1.165) is 13.0 Å². The number of ether oxygens (including phenoxy) is 1. The summed E-state index contributed by atoms with van der Waals surface area (Å²) in [6.45, 7) is 3.79. The maximum absolute atomic E-state index is 10.9. The minimum Gasteiger partial charge on any atom is -0.468 e. The Labute approximate surface area is 79.1 Å². The van der Waals surface area contributed by atoms with Gasteiger partial charge in [0.1, 0.15) is 0 Å². The fourth-order valence-electron chi connectivity index (χ4n) is 1.04. The molecule has 0 amide bonds. The normalized spacial score (nSPS) is 9.69. The highest BCUT2D eigenvalue weighted by atomic mass is 16.5. The summed E-state index contributed by atoms with van der Waals surface area (Å²) in [4.78, 5) is 12.8. The summed E-state index contributed by atoms with van der Waals surface area (Å²) < 4.78 is 4.54. The molecule has 0 aliphatic rings. The van der Waals surface area contributed by atoms with E-state index in [9.17, 15) is 4.79 Å². The van der Waals surface area contributed by atoms with Crippen LogP contribution >= 0.6 is 0 Å². The van der Waals surface area contributed by atoms with Crippen molar-refractivity contribution < 1.29 is 9.53 Å². The maximum Gasteiger partial charge on any atom is 0.319 e. The van der Waals surface area contributed by atoms with Crippen LogP contribution in [0.5, 0.6) is 0 Å². The molecule has 0 aliphatic heterocycles. The van der Waals surface area contributed by atoms with Crippen LogP contribution in [0, 0.1) is 11.3 Å². The average molecular weight is 184 g/mol. The van der Waals surface area contributed by atoms with Crippen LogP contribution < -0.4 is 0 Å². The summed E-state index contributed by atoms with van der Waals surface area (Å²) in [6.07, 6.45) is 1.43. The number of carbonyl (C=O) groups excluding carboxylic acids is 1. The summed E-state index contributed by atoms with van der Waals surface area (Å²) in [6, 6.07) is 2.05. The van der Waals surface area contributed by atoms with Gasteiger partial charge in [-0.25, -0.2) is 0 Å². The highest BCUT2D eigenvalue weighted by molar-refractivity contribution is 5.71. The van der Waals surface area contributed by atoms with E-state index in [1.54, 1.807) is 0 Å². The molecule has 13 heavy (non-hydrogen) atoms. The van der Waals surface area contributed by atoms with Gasteiger partial charge in [-0.05, 0) is 13.0 Å². The number of esters is 1. The van der Waals surface area contributed by atoms with Gasteiger partial charge in [0.25, 0.3) is 0 Å². The fourth-order valence-corrected chi connectivity index (χ4v) is 1.04. The molecule has 74 valence electrons. The van der Waals surface area contributed by atoms with Crippen molar-refractivity contribution in [3.8, 4) is 6.07 Å². The average Bonchev–Trinajstić information content (AvgIpc) is 2.14. The molecule has 0 aromatic carbocycles. The molecule has 0 rings (SSSR count). The molecule has 0 radical (unpaired) electrons. The fraction of sp³-hybridized carbons (Fsp3) is 0.778. The first-order chi connectivity index (χ1) is 6.24. The third-order valence-electron chi connectivity index (χ3n) is 1.66. The van der Waals surface area contributed by atoms with Gasteiger partial charge in [-0.3, -0.25) is 9.69 Å². The predicted octanol–water partition coefficient (Wildman–Crippen LogP) is 0.785. The largest absolute Gasteiger partial charge is 0.468 e. The summed E-state index contributed by atoms with van der Waals surface area (Å²) >= 11 is 0. The topological polar surface area (TPSA) is 53.3 Å². The molecule has 0 aromatic heterocycles. The van der Waals surface area contributed by atoms with E-state index >= 15 is 0 Å². The van der Waals surface area contributed by atoms with Gasteiger partial charge < -0.3 is 4.74 Å². The second-order valence-corrected chi connectivity index (χ2v) is 2.76. The molecule has 4 heteroatoms. The third kappa shape index (κ3) is 6.12. The van der Waals surface area contributed by atoms with Gasteiger partial charge in [0.05, 0.1) is 19.7 Å². The van der Waals surface area contributed by atoms with Crippen LogP contribution in [0.4, 0.5) is 0 Å². The van der Waals surface area contributed by atoms with Crippen molar-refractivity contribution in [2.45, 2.75) is 19.8 Å². The highest BCUT2D eigenvalue weighted by Gasteiger charge is 2.08. The number of carbonyl (C=O) groups is 1. The van der Waals surface area contributed by atoms with Gasteiger partial charge in [0.2, 0.25) is 0 Å². The van der Waals surface area contributed by atoms with Gasteiger partial charge in [-0.15, -0.1) is 0 Å². The molecule has 0 atom stereocenters. The number of hydrogen-bond donors (Lipinski definition) is 0. The van der Waals surface area contributed by atoms with E-state index in [1.165, 1.54) is 7.11 Å². The van der Waals surface area contributed by atoms with Crippen molar-refractivity contribution in [1.29, 1.82) is 5.26 Å². The molecule has 0 spiro atoms. The molecule has 0 bridgehead atoms. The lowest BCUT2D eigenvalue weighted by Gasteiger charge is -2.18. The van der Waals surface area contributed by atoms with Gasteiger partial charge in [-0.2, -0.15) is 5.26 Å². The van der Waals surface area contributed by atoms with Crippen LogP contribution in [0.15, 0.2) is 0 Å². The minimum absolute atomic E-state index is 0.244. The van der Waals surface area contributed by atoms with Crippen LogP contribution in [-0.2, 0) is 9.53 Å². The lowest BCUT2D eigenvalue weighted by molar-refractivity contribution is -0.141. The monoisotopic (exact) mass is 184 g/mol. The van der Waals surface area contributed by atoms with E-state index in [2.05, 4.69) is 10.8 Å². The Balaban J connectivity index is 3.80. The standard InChI is InChI=1S/C9H16N2O2/c1-3-6-11(7-4-5-10)8-9(12)13-2/h3-4,6-8H2,1-2H3. The lowest BCUT2D eigenvalue weighted by atomic mass is 10.3. The zero-order valence-corrected chi connectivity index (χ0v) is 8.25. The molecule has 0 saturated heterocycles. The number of nitriles is 1. The van der Waals surface area contributed by atoms with Crippen LogP contribution in [0.1, 0.15) is 19.8 Å². The van der Waals surface area contributed by atoms with Gasteiger partial charge in [0, 0.05) is 13.0 Å². The van der Waals surface area contributed by atoms with Crippen molar-refractivity contribution in [3.63, 3.8) is 0 Å². The second-order valence-electron chi connectivity index (χ2n) is 2.76. The highest BCUT2D eigenvalue weighted by Crippen LogP contribution is 1.94. The zero-order chi connectivity index (χ0) is 10.1. The van der Waals surface area contributed by atoms with E-state index in [1.807, 2.05) is 11.8 Å². The molecule has 0 fully saturated rings. The van der Waals surface area contributed by atoms with Crippen molar-refractivity contribution in [3.05, 3.63) is 0 Å². The number of nitrogens with zero attached hydrogens (tertiary/aromatic N) is 2. The Morgan fingerprint density at radius 3 is 2.69 bits per heavy atom. The Morgan fingerprint density at radius 1 is 1.54 bits per heavy atom. The van der Waals surface area contributed by atoms with E-state index in [4.69, 9.17) is 5.26 Å². The first-order valence-electron chi connectivity index (χ1n) is 4.40. The Morgan fingerprint density at radius 2 is 2.23 bits per heavy atom. The molecule has 0 aromatic rings. The quantitative estimate of drug-likeness (QED) is 0.572. The van der Waals surface area contributed by atoms with E-state index in [0.29, 0.717) is 13.0 Å². The molecule has 0 unspecified atom stereocenters. The van der Waals surface area contributed by atoms with Crippen LogP contribution in [0.3, 0.4) is 0 Å². The number of hydrogen-bond acceptors (Lipinski definition) is 4. The van der Waals surface area contributed by atoms with E-state index < -0.39 is 0 Å². The molecule has 0 aliphatic carbocycles. The van der Waals surface area contributed by atoms with Gasteiger partial charge in [-0.1, -0.05) is 6.92 Å². The van der Waals surface area contributed by atoms with Gasteiger partial charge >= 0.3 is 5.97 Å². The predicted molar refractivity (Wildman–Crippen MR) is 49.0 cm³/mol. The summed E-state index contributed by atoms with van der Waals surface area (Å²) in [5.74, 6) is -0.244. The first-order valence-corrected chi connectivity index (χ1v) is 4.40. The molecule has 4 nitrogen and oxygen atoms in total. The minimum atomic E-state index is -0.244. The molecule has 0 saturated carbocycles. The van der Waals surface area contributed by atoms with Crippen LogP contribution in [0.2, 0.25) is 0 Å². The molecular formula is C9H16N2O2. The summed E-state index contributed by atoms with van der Waals surface area (Å²) in [7, 11) is 1.37. The molecule has 0 N–H and O–H groups in total. The summed E-state index contributed by atoms with van der Waals surface area (Å²) in [5.41, 5.74) is 0. The van der Waals surface area contributed by atoms with Crippen molar-refractivity contribution >= 4 is 5.97 Å². The third-order valence-corrected chi connectivity index (χ3v) is 1.66. The van der Waals surface area contributed by atoms with Crippen molar-refractivity contribution in [2.75, 3.05) is 26.7 Å². The molecule has 0 heterocycles. The van der Waals surface area contributed by atoms with E-state index in [-0.39, 0.29) is 12.5 Å². The SMILES string of the molecule is CCCN(CCC#N)CC(=O)OC. The zero-order valence-electron chi connectivity index (χ0n) is 8.25. The smallest absolute Gasteiger partial charge is 0.319 e. The Hall–Kier alpha value is -1.08. The Kier molecular flexibility index (Phi) is 6.93. The number of methoxy groups -OCH3 is 1. The maximum atomic E-state index is 10.9. The summed E-state index contributed by atoms with van der Waals surface area (Å²) in [5, 5.41) is 8.38. The van der Waals surface area contributed by atoms with Crippen LogP contribution in [0.25, 0.3) is 0 Å². The Bertz CT molecular complexity index is 187. The van der Waals surface area contributed by atoms with Crippen LogP contribution in [-0.4, -0.2) is 37.6 Å². The first kappa shape index (κ1) is 11.9. The molecular weight excluding hydrogens is 168 g/mol. The number of rotatable bonds is 6. The van der Waals surface area contributed by atoms with Gasteiger partial charge in [0.15, 0.2) is 0 Å².